The van der Waals surface area contributed by atoms with E-state index >= 15 is 0 Å². The van der Waals surface area contributed by atoms with Crippen LogP contribution in [0.4, 0.5) is 0 Å². The minimum absolute atomic E-state index is 0.140. The minimum Gasteiger partial charge on any atom is -0.496 e. The minimum atomic E-state index is -0.284. The Morgan fingerprint density at radius 3 is 2.50 bits per heavy atom. The molecular formula is C24H25N3O5. The summed E-state index contributed by atoms with van der Waals surface area (Å²) in [4.78, 5) is 39.5. The average molecular weight is 435 g/mol. The molecule has 0 saturated carbocycles. The van der Waals surface area contributed by atoms with E-state index < -0.39 is 0 Å². The Hall–Kier alpha value is -3.81. The number of carbonyl (C=O) groups excluding carboxylic acids is 1. The number of likely N-dealkylation sites (tertiary alicyclic amines) is 1. The third-order valence-electron chi connectivity index (χ3n) is 5.71. The van der Waals surface area contributed by atoms with E-state index in [-0.39, 0.29) is 28.9 Å². The first kappa shape index (κ1) is 21.4. The average Bonchev–Trinajstić information content (AvgIpc) is 3.25. The number of amides is 1. The number of pyridine rings is 2. The molecule has 1 aliphatic rings. The maximum Gasteiger partial charge on any atom is 0.259 e. The number of rotatable bonds is 5. The van der Waals surface area contributed by atoms with Gasteiger partial charge in [-0.2, -0.15) is 0 Å². The molecule has 4 rings (SSSR count). The highest BCUT2D eigenvalue weighted by molar-refractivity contribution is 5.97. The Kier molecular flexibility index (Phi) is 5.85. The van der Waals surface area contributed by atoms with E-state index in [1.165, 1.54) is 30.0 Å². The standard InChI is InChI=1S/C24H25N3O5/c1-16-11-19(12-22(28)25(16)2)32-18-9-10-26(14-18)24(30)20-15-27(17-7-5-4-6-8-17)23(29)13-21(20)31-3/h4-8,11-13,15,18H,9-10,14H2,1-3H3. The molecule has 3 aromatic rings. The van der Waals surface area contributed by atoms with E-state index in [4.69, 9.17) is 9.47 Å². The molecule has 1 aliphatic heterocycles. The number of hydrogen-bond donors (Lipinski definition) is 0. The molecule has 8 nitrogen and oxygen atoms in total. The van der Waals surface area contributed by atoms with Crippen molar-refractivity contribution in [2.45, 2.75) is 19.4 Å². The largest absolute Gasteiger partial charge is 0.496 e. The topological polar surface area (TPSA) is 82.8 Å². The van der Waals surface area contributed by atoms with E-state index in [1.54, 1.807) is 28.6 Å². The van der Waals surface area contributed by atoms with Crippen molar-refractivity contribution in [3.63, 3.8) is 0 Å². The molecule has 166 valence electrons. The van der Waals surface area contributed by atoms with Crippen molar-refractivity contribution in [1.82, 2.24) is 14.0 Å². The van der Waals surface area contributed by atoms with Gasteiger partial charge in [0.2, 0.25) is 0 Å². The van der Waals surface area contributed by atoms with Crippen molar-refractivity contribution >= 4 is 5.91 Å². The smallest absolute Gasteiger partial charge is 0.259 e. The van der Waals surface area contributed by atoms with Crippen LogP contribution in [0.15, 0.2) is 64.3 Å². The van der Waals surface area contributed by atoms with Crippen LogP contribution in [0.25, 0.3) is 5.69 Å². The second kappa shape index (κ2) is 8.74. The van der Waals surface area contributed by atoms with Crippen molar-refractivity contribution < 1.29 is 14.3 Å². The molecule has 2 aromatic heterocycles. The molecule has 0 radical (unpaired) electrons. The predicted molar refractivity (Wildman–Crippen MR) is 120 cm³/mol. The third kappa shape index (κ3) is 4.16. The van der Waals surface area contributed by atoms with Gasteiger partial charge in [-0.25, -0.2) is 0 Å². The number of benzene rings is 1. The molecule has 3 heterocycles. The first-order chi connectivity index (χ1) is 15.4. The normalized spacial score (nSPS) is 15.6. The summed E-state index contributed by atoms with van der Waals surface area (Å²) in [5, 5.41) is 0. The number of aromatic nitrogens is 2. The van der Waals surface area contributed by atoms with Crippen LogP contribution in [0.1, 0.15) is 22.5 Å². The zero-order chi connectivity index (χ0) is 22.8. The quantitative estimate of drug-likeness (QED) is 0.613. The first-order valence-corrected chi connectivity index (χ1v) is 10.4. The van der Waals surface area contributed by atoms with Crippen LogP contribution in [0, 0.1) is 6.92 Å². The van der Waals surface area contributed by atoms with Gasteiger partial charge in [0, 0.05) is 49.7 Å². The van der Waals surface area contributed by atoms with Crippen molar-refractivity contribution in [2.24, 2.45) is 7.05 Å². The zero-order valence-corrected chi connectivity index (χ0v) is 18.3. The van der Waals surface area contributed by atoms with Gasteiger partial charge in [0.05, 0.1) is 19.2 Å². The predicted octanol–water partition coefficient (Wildman–Crippen LogP) is 2.15. The van der Waals surface area contributed by atoms with Gasteiger partial charge in [-0.1, -0.05) is 18.2 Å². The number of hydrogen-bond acceptors (Lipinski definition) is 5. The summed E-state index contributed by atoms with van der Waals surface area (Å²) in [6.45, 7) is 2.72. The highest BCUT2D eigenvalue weighted by Gasteiger charge is 2.30. The van der Waals surface area contributed by atoms with Crippen LogP contribution < -0.4 is 20.6 Å². The van der Waals surface area contributed by atoms with Gasteiger partial charge in [-0.15, -0.1) is 0 Å². The third-order valence-corrected chi connectivity index (χ3v) is 5.71. The molecule has 1 aromatic carbocycles. The molecule has 1 saturated heterocycles. The molecular weight excluding hydrogens is 410 g/mol. The molecule has 0 aliphatic carbocycles. The number of para-hydroxylation sites is 1. The van der Waals surface area contributed by atoms with Gasteiger partial charge >= 0.3 is 0 Å². The van der Waals surface area contributed by atoms with Gasteiger partial charge < -0.3 is 18.9 Å². The van der Waals surface area contributed by atoms with Gasteiger partial charge in [0.15, 0.2) is 0 Å². The Bertz CT molecular complexity index is 1260. The van der Waals surface area contributed by atoms with Crippen LogP contribution in [-0.2, 0) is 7.05 Å². The van der Waals surface area contributed by atoms with E-state index in [9.17, 15) is 14.4 Å². The second-order valence-corrected chi connectivity index (χ2v) is 7.81. The Labute approximate surface area is 185 Å². The van der Waals surface area contributed by atoms with E-state index in [1.807, 2.05) is 31.2 Å². The summed E-state index contributed by atoms with van der Waals surface area (Å²) in [5.74, 6) is 0.497. The summed E-state index contributed by atoms with van der Waals surface area (Å²) >= 11 is 0. The van der Waals surface area contributed by atoms with Crippen LogP contribution >= 0.6 is 0 Å². The van der Waals surface area contributed by atoms with Crippen LogP contribution in [0.2, 0.25) is 0 Å². The molecule has 8 heteroatoms. The molecule has 1 amide bonds. The van der Waals surface area contributed by atoms with Crippen LogP contribution in [0.5, 0.6) is 11.5 Å². The molecule has 0 N–H and O–H groups in total. The first-order valence-electron chi connectivity index (χ1n) is 10.4. The molecule has 1 unspecified atom stereocenters. The number of methoxy groups -OCH3 is 1. The lowest BCUT2D eigenvalue weighted by Crippen LogP contribution is -2.32. The maximum absolute atomic E-state index is 13.3. The van der Waals surface area contributed by atoms with Gasteiger partial charge in [-0.3, -0.25) is 19.0 Å². The van der Waals surface area contributed by atoms with Crippen LogP contribution in [-0.4, -0.2) is 46.2 Å². The molecule has 32 heavy (non-hydrogen) atoms. The maximum atomic E-state index is 13.3. The zero-order valence-electron chi connectivity index (χ0n) is 18.3. The summed E-state index contributed by atoms with van der Waals surface area (Å²) in [5.41, 5.74) is 1.34. The Morgan fingerprint density at radius 2 is 1.81 bits per heavy atom. The van der Waals surface area contributed by atoms with Crippen molar-refractivity contribution in [3.8, 4) is 17.2 Å². The highest BCUT2D eigenvalue weighted by Crippen LogP contribution is 2.24. The van der Waals surface area contributed by atoms with Crippen molar-refractivity contribution in [1.29, 1.82) is 0 Å². The monoisotopic (exact) mass is 435 g/mol. The summed E-state index contributed by atoms with van der Waals surface area (Å²) < 4.78 is 14.3. The molecule has 0 bridgehead atoms. The Morgan fingerprint density at radius 1 is 1.06 bits per heavy atom. The fraction of sp³-hybridized carbons (Fsp3) is 0.292. The van der Waals surface area contributed by atoms with E-state index in [2.05, 4.69) is 0 Å². The number of aryl methyl sites for hydroxylation is 1. The summed E-state index contributed by atoms with van der Waals surface area (Å²) in [7, 11) is 3.15. The second-order valence-electron chi connectivity index (χ2n) is 7.81. The molecule has 1 atom stereocenters. The van der Waals surface area contributed by atoms with Gasteiger partial charge in [0.1, 0.15) is 17.6 Å². The van der Waals surface area contributed by atoms with E-state index in [0.717, 1.165) is 5.69 Å². The van der Waals surface area contributed by atoms with Crippen molar-refractivity contribution in [3.05, 3.63) is 86.7 Å². The summed E-state index contributed by atoms with van der Waals surface area (Å²) in [6.07, 6.45) is 1.94. The molecule has 1 fully saturated rings. The Balaban J connectivity index is 1.56. The fourth-order valence-electron chi connectivity index (χ4n) is 3.81. The lowest BCUT2D eigenvalue weighted by Gasteiger charge is -2.19. The lowest BCUT2D eigenvalue weighted by atomic mass is 10.2. The SMILES string of the molecule is COc1cc(=O)n(-c2ccccc2)cc1C(=O)N1CCC(Oc2cc(C)n(C)c(=O)c2)C1. The number of ether oxygens (including phenoxy) is 2. The highest BCUT2D eigenvalue weighted by atomic mass is 16.5. The summed E-state index contributed by atoms with van der Waals surface area (Å²) in [6, 6.07) is 13.7. The van der Waals surface area contributed by atoms with E-state index in [0.29, 0.717) is 36.5 Å². The number of nitrogens with zero attached hydrogens (tertiary/aromatic N) is 3. The van der Waals surface area contributed by atoms with Gasteiger partial charge in [0.25, 0.3) is 17.0 Å². The van der Waals surface area contributed by atoms with Gasteiger partial charge in [-0.05, 0) is 25.1 Å². The van der Waals surface area contributed by atoms with Crippen molar-refractivity contribution in [2.75, 3.05) is 20.2 Å². The molecule has 0 spiro atoms. The number of carbonyl (C=O) groups is 1. The fourth-order valence-corrected chi connectivity index (χ4v) is 3.81. The lowest BCUT2D eigenvalue weighted by molar-refractivity contribution is 0.0768. The van der Waals surface area contributed by atoms with Crippen LogP contribution in [0.3, 0.4) is 0 Å².